The molecule has 78 valence electrons. The normalized spacial score (nSPS) is 14.3. The summed E-state index contributed by atoms with van der Waals surface area (Å²) >= 11 is 0. The molecule has 1 heterocycles. The lowest BCUT2D eigenvalue weighted by Crippen LogP contribution is -2.19. The molecular weight excluding hydrogens is 188 g/mol. The van der Waals surface area contributed by atoms with Crippen molar-refractivity contribution in [2.75, 3.05) is 19.7 Å². The van der Waals surface area contributed by atoms with Crippen molar-refractivity contribution in [3.05, 3.63) is 42.5 Å². The molecule has 0 aromatic heterocycles. The number of hydrogen-bond acceptors (Lipinski definition) is 3. The van der Waals surface area contributed by atoms with Gasteiger partial charge in [-0.05, 0) is 24.3 Å². The first-order valence-electron chi connectivity index (χ1n) is 5.02. The van der Waals surface area contributed by atoms with Crippen LogP contribution < -0.4 is 10.1 Å². The van der Waals surface area contributed by atoms with Crippen molar-refractivity contribution in [1.29, 1.82) is 0 Å². The number of nitrogens with one attached hydrogen (secondary N) is 1. The van der Waals surface area contributed by atoms with Crippen molar-refractivity contribution in [3.63, 3.8) is 0 Å². The number of benzene rings is 1. The zero-order valence-corrected chi connectivity index (χ0v) is 8.57. The van der Waals surface area contributed by atoms with Crippen molar-refractivity contribution < 1.29 is 4.74 Å². The van der Waals surface area contributed by atoms with Gasteiger partial charge in [0.2, 0.25) is 0 Å². The number of aliphatic imine (C=N–C) groups is 1. The number of hydrogen-bond donors (Lipinski definition) is 1. The average molecular weight is 202 g/mol. The maximum Gasteiger partial charge on any atom is 0.128 e. The van der Waals surface area contributed by atoms with Gasteiger partial charge in [0.15, 0.2) is 0 Å². The van der Waals surface area contributed by atoms with Gasteiger partial charge in [-0.3, -0.25) is 4.99 Å². The van der Waals surface area contributed by atoms with Crippen LogP contribution in [0.4, 0.5) is 0 Å². The largest absolute Gasteiger partial charge is 0.490 e. The summed E-state index contributed by atoms with van der Waals surface area (Å²) in [4.78, 5) is 4.35. The molecule has 1 aliphatic rings. The van der Waals surface area contributed by atoms with Crippen molar-refractivity contribution in [3.8, 4) is 5.75 Å². The van der Waals surface area contributed by atoms with Gasteiger partial charge in [0.05, 0.1) is 6.54 Å². The van der Waals surface area contributed by atoms with E-state index in [1.807, 2.05) is 24.3 Å². The molecule has 0 bridgehead atoms. The minimum Gasteiger partial charge on any atom is -0.490 e. The van der Waals surface area contributed by atoms with Gasteiger partial charge < -0.3 is 10.1 Å². The number of nitrogens with zero attached hydrogens (tertiary/aromatic N) is 1. The quantitative estimate of drug-likeness (QED) is 0.752. The van der Waals surface area contributed by atoms with Gasteiger partial charge in [0.25, 0.3) is 0 Å². The number of amidine groups is 1. The second-order valence-electron chi connectivity index (χ2n) is 3.28. The van der Waals surface area contributed by atoms with Crippen LogP contribution >= 0.6 is 0 Å². The summed E-state index contributed by atoms with van der Waals surface area (Å²) in [5.74, 6) is 1.84. The molecule has 0 unspecified atom stereocenters. The first-order chi connectivity index (χ1) is 7.40. The summed E-state index contributed by atoms with van der Waals surface area (Å²) in [6, 6.07) is 7.91. The van der Waals surface area contributed by atoms with Crippen LogP contribution in [0.1, 0.15) is 5.56 Å². The molecule has 1 N–H and O–H groups in total. The molecule has 0 atom stereocenters. The molecule has 2 rings (SSSR count). The van der Waals surface area contributed by atoms with Crippen LogP contribution in [-0.4, -0.2) is 25.5 Å². The number of rotatable bonds is 4. The summed E-state index contributed by atoms with van der Waals surface area (Å²) in [6.07, 6.45) is 1.73. The van der Waals surface area contributed by atoms with Crippen molar-refractivity contribution in [1.82, 2.24) is 5.32 Å². The van der Waals surface area contributed by atoms with Crippen LogP contribution in [0.25, 0.3) is 0 Å². The van der Waals surface area contributed by atoms with Crippen LogP contribution in [0.3, 0.4) is 0 Å². The average Bonchev–Trinajstić information content (AvgIpc) is 2.80. The Hall–Kier alpha value is -1.77. The summed E-state index contributed by atoms with van der Waals surface area (Å²) in [5, 5.41) is 3.23. The molecule has 0 spiro atoms. The summed E-state index contributed by atoms with van der Waals surface area (Å²) in [7, 11) is 0. The van der Waals surface area contributed by atoms with Crippen LogP contribution in [0.2, 0.25) is 0 Å². The molecule has 0 fully saturated rings. The fraction of sp³-hybridized carbons (Fsp3) is 0.250. The Labute approximate surface area is 89.5 Å². The molecule has 0 radical (unpaired) electrons. The summed E-state index contributed by atoms with van der Waals surface area (Å²) in [6.45, 7) is 5.94. The maximum absolute atomic E-state index is 5.39. The SMILES string of the molecule is C=CCOc1ccc(C2=NCCN2)cc1. The van der Waals surface area contributed by atoms with Crippen molar-refractivity contribution >= 4 is 5.84 Å². The minimum absolute atomic E-state index is 0.540. The third kappa shape index (κ3) is 2.37. The van der Waals surface area contributed by atoms with E-state index >= 15 is 0 Å². The lowest BCUT2D eigenvalue weighted by Gasteiger charge is -2.05. The van der Waals surface area contributed by atoms with Crippen molar-refractivity contribution in [2.45, 2.75) is 0 Å². The highest BCUT2D eigenvalue weighted by molar-refractivity contribution is 5.99. The van der Waals surface area contributed by atoms with Crippen LogP contribution in [0.15, 0.2) is 41.9 Å². The monoisotopic (exact) mass is 202 g/mol. The van der Waals surface area contributed by atoms with E-state index in [1.54, 1.807) is 6.08 Å². The molecule has 0 saturated carbocycles. The van der Waals surface area contributed by atoms with E-state index in [4.69, 9.17) is 4.74 Å². The van der Waals surface area contributed by atoms with E-state index in [-0.39, 0.29) is 0 Å². The predicted octanol–water partition coefficient (Wildman–Crippen LogP) is 1.60. The van der Waals surface area contributed by atoms with E-state index in [0.29, 0.717) is 6.61 Å². The Morgan fingerprint density at radius 2 is 2.20 bits per heavy atom. The Morgan fingerprint density at radius 3 is 2.80 bits per heavy atom. The fourth-order valence-corrected chi connectivity index (χ4v) is 1.46. The minimum atomic E-state index is 0.540. The van der Waals surface area contributed by atoms with Gasteiger partial charge in [0.1, 0.15) is 18.2 Å². The zero-order chi connectivity index (χ0) is 10.5. The van der Waals surface area contributed by atoms with E-state index in [1.165, 1.54) is 0 Å². The Morgan fingerprint density at radius 1 is 1.40 bits per heavy atom. The Bertz CT molecular complexity index is 368. The van der Waals surface area contributed by atoms with E-state index in [0.717, 1.165) is 30.2 Å². The Balaban J connectivity index is 2.06. The van der Waals surface area contributed by atoms with E-state index in [9.17, 15) is 0 Å². The molecule has 1 aromatic rings. The highest BCUT2D eigenvalue weighted by atomic mass is 16.5. The first-order valence-corrected chi connectivity index (χ1v) is 5.02. The van der Waals surface area contributed by atoms with Crippen molar-refractivity contribution in [2.24, 2.45) is 4.99 Å². The number of ether oxygens (including phenoxy) is 1. The van der Waals surface area contributed by atoms with Crippen LogP contribution in [-0.2, 0) is 0 Å². The predicted molar refractivity (Wildman–Crippen MR) is 61.5 cm³/mol. The molecule has 15 heavy (non-hydrogen) atoms. The highest BCUT2D eigenvalue weighted by Gasteiger charge is 2.07. The van der Waals surface area contributed by atoms with E-state index < -0.39 is 0 Å². The second-order valence-corrected chi connectivity index (χ2v) is 3.28. The van der Waals surface area contributed by atoms with Crippen LogP contribution in [0, 0.1) is 0 Å². The maximum atomic E-state index is 5.39. The lowest BCUT2D eigenvalue weighted by atomic mass is 10.2. The smallest absolute Gasteiger partial charge is 0.128 e. The molecule has 3 nitrogen and oxygen atoms in total. The molecule has 0 aliphatic carbocycles. The van der Waals surface area contributed by atoms with Gasteiger partial charge in [-0.2, -0.15) is 0 Å². The molecule has 0 amide bonds. The fourth-order valence-electron chi connectivity index (χ4n) is 1.46. The lowest BCUT2D eigenvalue weighted by molar-refractivity contribution is 0.363. The van der Waals surface area contributed by atoms with Gasteiger partial charge >= 0.3 is 0 Å². The molecular formula is C12H14N2O. The van der Waals surface area contributed by atoms with E-state index in [2.05, 4.69) is 16.9 Å². The third-order valence-corrected chi connectivity index (χ3v) is 2.17. The second kappa shape index (κ2) is 4.64. The van der Waals surface area contributed by atoms with Gasteiger partial charge in [-0.1, -0.05) is 12.7 Å². The van der Waals surface area contributed by atoms with Gasteiger partial charge in [-0.15, -0.1) is 0 Å². The molecule has 0 saturated heterocycles. The van der Waals surface area contributed by atoms with Gasteiger partial charge in [0, 0.05) is 12.1 Å². The zero-order valence-electron chi connectivity index (χ0n) is 8.57. The Kier molecular flexibility index (Phi) is 3.02. The standard InChI is InChI=1S/C12H14N2O/c1-2-9-15-11-5-3-10(4-6-11)12-13-7-8-14-12/h2-6H,1,7-9H2,(H,13,14). The molecule has 1 aromatic carbocycles. The summed E-state index contributed by atoms with van der Waals surface area (Å²) in [5.41, 5.74) is 1.11. The van der Waals surface area contributed by atoms with Crippen LogP contribution in [0.5, 0.6) is 5.75 Å². The topological polar surface area (TPSA) is 33.6 Å². The van der Waals surface area contributed by atoms with Gasteiger partial charge in [-0.25, -0.2) is 0 Å². The molecule has 3 heteroatoms. The molecule has 1 aliphatic heterocycles. The third-order valence-electron chi connectivity index (χ3n) is 2.17. The summed E-state index contributed by atoms with van der Waals surface area (Å²) < 4.78 is 5.39. The first kappa shape index (κ1) is 9.77. The highest BCUT2D eigenvalue weighted by Crippen LogP contribution is 2.13.